The molecule has 3 rings (SSSR count). The molecule has 0 aromatic heterocycles. The Morgan fingerprint density at radius 3 is 2.81 bits per heavy atom. The molecule has 0 bridgehead atoms. The average Bonchev–Trinajstić information content (AvgIpc) is 3.05. The van der Waals surface area contributed by atoms with Gasteiger partial charge in [0, 0.05) is 18.4 Å². The molecule has 3 amide bonds. The molecule has 0 saturated carbocycles. The molecule has 1 fully saturated rings. The number of amides is 3. The van der Waals surface area contributed by atoms with Gasteiger partial charge in [-0.05, 0) is 41.6 Å². The highest BCUT2D eigenvalue weighted by Crippen LogP contribution is 2.32. The predicted molar refractivity (Wildman–Crippen MR) is 98.6 cm³/mol. The molecule has 1 saturated heterocycles. The highest BCUT2D eigenvalue weighted by molar-refractivity contribution is 8.18. The van der Waals surface area contributed by atoms with Crippen molar-refractivity contribution < 1.29 is 27.2 Å². The number of carbonyl (C=O) groups is 3. The number of thioether (sulfide) groups is 1. The van der Waals surface area contributed by atoms with Crippen LogP contribution < -0.4 is 5.32 Å². The van der Waals surface area contributed by atoms with Gasteiger partial charge in [0.1, 0.15) is 5.82 Å². The molecule has 1 unspecified atom stereocenters. The Morgan fingerprint density at radius 2 is 2.15 bits per heavy atom. The number of rotatable bonds is 5. The van der Waals surface area contributed by atoms with Crippen LogP contribution in [0.15, 0.2) is 40.7 Å². The van der Waals surface area contributed by atoms with Gasteiger partial charge in [0.25, 0.3) is 11.1 Å². The van der Waals surface area contributed by atoms with Crippen molar-refractivity contribution in [3.63, 3.8) is 0 Å². The quantitative estimate of drug-likeness (QED) is 0.742. The first-order valence-electron chi connectivity index (χ1n) is 7.95. The summed E-state index contributed by atoms with van der Waals surface area (Å²) in [5.41, 5.74) is 0.451. The van der Waals surface area contributed by atoms with Gasteiger partial charge in [-0.15, -0.1) is 0 Å². The lowest BCUT2D eigenvalue weighted by Gasteiger charge is -2.14. The van der Waals surface area contributed by atoms with Crippen LogP contribution in [0.4, 0.5) is 9.18 Å². The Hall–Kier alpha value is -2.46. The van der Waals surface area contributed by atoms with Crippen LogP contribution in [0.25, 0.3) is 6.08 Å². The number of nitrogens with zero attached hydrogens (tertiary/aromatic N) is 1. The van der Waals surface area contributed by atoms with Gasteiger partial charge < -0.3 is 5.32 Å². The van der Waals surface area contributed by atoms with Crippen molar-refractivity contribution >= 4 is 44.7 Å². The molecular formula is C17H15FN2O5S2. The maximum Gasteiger partial charge on any atom is 0.293 e. The number of benzene rings is 1. The number of sulfone groups is 1. The highest BCUT2D eigenvalue weighted by Gasteiger charge is 2.35. The fraction of sp³-hybridized carbons (Fsp3) is 0.235. The van der Waals surface area contributed by atoms with E-state index in [1.54, 1.807) is 6.07 Å². The first kappa shape index (κ1) is 19.3. The van der Waals surface area contributed by atoms with E-state index in [0.717, 1.165) is 22.1 Å². The van der Waals surface area contributed by atoms with Crippen molar-refractivity contribution in [1.82, 2.24) is 10.2 Å². The molecule has 0 aliphatic carbocycles. The van der Waals surface area contributed by atoms with E-state index in [4.69, 9.17) is 0 Å². The summed E-state index contributed by atoms with van der Waals surface area (Å²) in [4.78, 5) is 37.4. The van der Waals surface area contributed by atoms with E-state index in [2.05, 4.69) is 5.32 Å². The summed E-state index contributed by atoms with van der Waals surface area (Å²) in [6.45, 7) is -0.125. The molecule has 7 nitrogen and oxygen atoms in total. The van der Waals surface area contributed by atoms with Crippen molar-refractivity contribution in [2.24, 2.45) is 0 Å². The van der Waals surface area contributed by atoms with Gasteiger partial charge in [-0.25, -0.2) is 12.8 Å². The lowest BCUT2D eigenvalue weighted by molar-refractivity contribution is -0.124. The standard InChI is InChI=1S/C17H15FN2O5S2/c18-12-3-1-2-11(8-12)9-14-16(22)20(17(23)26-14)6-4-15(21)19-13-5-7-27(24,25)10-13/h1-3,5,7-9,13H,4,6,10H2,(H,19,21). The summed E-state index contributed by atoms with van der Waals surface area (Å²) in [6.07, 6.45) is 2.66. The third kappa shape index (κ3) is 4.83. The van der Waals surface area contributed by atoms with Crippen LogP contribution in [0.2, 0.25) is 0 Å². The minimum atomic E-state index is -3.28. The van der Waals surface area contributed by atoms with Crippen molar-refractivity contribution in [2.45, 2.75) is 12.5 Å². The van der Waals surface area contributed by atoms with E-state index in [9.17, 15) is 27.2 Å². The molecule has 1 aromatic rings. The van der Waals surface area contributed by atoms with Gasteiger partial charge >= 0.3 is 0 Å². The zero-order valence-electron chi connectivity index (χ0n) is 13.9. The van der Waals surface area contributed by atoms with Crippen LogP contribution in [-0.4, -0.2) is 48.7 Å². The second kappa shape index (κ2) is 7.65. The zero-order valence-corrected chi connectivity index (χ0v) is 15.6. The topological polar surface area (TPSA) is 101 Å². The van der Waals surface area contributed by atoms with Gasteiger partial charge in [0.05, 0.1) is 16.7 Å². The van der Waals surface area contributed by atoms with Gasteiger partial charge in [-0.1, -0.05) is 12.1 Å². The minimum absolute atomic E-state index is 0.125. The third-order valence-corrected chi connectivity index (χ3v) is 6.16. The Labute approximate surface area is 159 Å². The van der Waals surface area contributed by atoms with Crippen LogP contribution in [0, 0.1) is 5.82 Å². The van der Waals surface area contributed by atoms with Crippen molar-refractivity contribution in [3.05, 3.63) is 52.0 Å². The van der Waals surface area contributed by atoms with Gasteiger partial charge in [-0.2, -0.15) is 0 Å². The first-order valence-corrected chi connectivity index (χ1v) is 10.5. The zero-order chi connectivity index (χ0) is 19.6. The van der Waals surface area contributed by atoms with E-state index < -0.39 is 38.7 Å². The van der Waals surface area contributed by atoms with Crippen LogP contribution in [0.5, 0.6) is 0 Å². The van der Waals surface area contributed by atoms with Crippen LogP contribution >= 0.6 is 11.8 Å². The smallest absolute Gasteiger partial charge is 0.293 e. The lowest BCUT2D eigenvalue weighted by atomic mass is 10.2. The van der Waals surface area contributed by atoms with Gasteiger partial charge in [-0.3, -0.25) is 19.3 Å². The third-order valence-electron chi connectivity index (χ3n) is 3.86. The molecular weight excluding hydrogens is 395 g/mol. The van der Waals surface area contributed by atoms with Crippen molar-refractivity contribution in [3.8, 4) is 0 Å². The van der Waals surface area contributed by atoms with Gasteiger partial charge in [0.2, 0.25) is 5.91 Å². The van der Waals surface area contributed by atoms with Crippen molar-refractivity contribution in [1.29, 1.82) is 0 Å². The highest BCUT2D eigenvalue weighted by atomic mass is 32.2. The first-order chi connectivity index (χ1) is 12.7. The molecule has 1 aromatic carbocycles. The fourth-order valence-electron chi connectivity index (χ4n) is 2.60. The Morgan fingerprint density at radius 1 is 1.37 bits per heavy atom. The fourth-order valence-corrected chi connectivity index (χ4v) is 4.70. The summed E-state index contributed by atoms with van der Waals surface area (Å²) in [7, 11) is -3.28. The number of nitrogens with one attached hydrogen (secondary N) is 1. The van der Waals surface area contributed by atoms with E-state index in [0.29, 0.717) is 5.56 Å². The molecule has 10 heteroatoms. The second-order valence-corrected chi connectivity index (χ2v) is 8.89. The number of carbonyl (C=O) groups excluding carboxylic acids is 3. The summed E-state index contributed by atoms with van der Waals surface area (Å²) < 4.78 is 35.9. The normalized spacial score (nSPS) is 22.6. The van der Waals surface area contributed by atoms with Gasteiger partial charge in [0.15, 0.2) is 9.84 Å². The Bertz CT molecular complexity index is 971. The van der Waals surface area contributed by atoms with Crippen LogP contribution in [0.3, 0.4) is 0 Å². The SMILES string of the molecule is O=C(CCN1C(=O)SC(=Cc2cccc(F)c2)C1=O)NC1C=CS(=O)(=O)C1. The second-order valence-electron chi connectivity index (χ2n) is 5.97. The maximum absolute atomic E-state index is 13.2. The monoisotopic (exact) mass is 410 g/mol. The number of hydrogen-bond donors (Lipinski definition) is 1. The summed E-state index contributed by atoms with van der Waals surface area (Å²) >= 11 is 0.721. The molecule has 142 valence electrons. The lowest BCUT2D eigenvalue weighted by Crippen LogP contribution is -2.38. The summed E-state index contributed by atoms with van der Waals surface area (Å²) in [5.74, 6) is -1.67. The molecule has 27 heavy (non-hydrogen) atoms. The summed E-state index contributed by atoms with van der Waals surface area (Å²) in [5, 5.41) is 3.06. The number of imide groups is 1. The van der Waals surface area contributed by atoms with Crippen LogP contribution in [-0.2, 0) is 19.4 Å². The van der Waals surface area contributed by atoms with E-state index in [1.807, 2.05) is 0 Å². The summed E-state index contributed by atoms with van der Waals surface area (Å²) in [6, 6.07) is 5.00. The Kier molecular flexibility index (Phi) is 5.47. The minimum Gasteiger partial charge on any atom is -0.349 e. The largest absolute Gasteiger partial charge is 0.349 e. The Balaban J connectivity index is 1.58. The molecule has 2 aliphatic rings. The number of hydrogen-bond acceptors (Lipinski definition) is 6. The van der Waals surface area contributed by atoms with E-state index in [-0.39, 0.29) is 23.6 Å². The number of halogens is 1. The molecule has 2 aliphatic heterocycles. The molecule has 1 N–H and O–H groups in total. The van der Waals surface area contributed by atoms with E-state index in [1.165, 1.54) is 30.4 Å². The molecule has 2 heterocycles. The molecule has 0 radical (unpaired) electrons. The maximum atomic E-state index is 13.2. The molecule has 0 spiro atoms. The van der Waals surface area contributed by atoms with E-state index >= 15 is 0 Å². The average molecular weight is 410 g/mol. The molecule has 1 atom stereocenters. The van der Waals surface area contributed by atoms with Crippen molar-refractivity contribution in [2.75, 3.05) is 12.3 Å². The van der Waals surface area contributed by atoms with Crippen LogP contribution in [0.1, 0.15) is 12.0 Å². The predicted octanol–water partition coefficient (Wildman–Crippen LogP) is 1.68.